The van der Waals surface area contributed by atoms with Gasteiger partial charge in [-0.1, -0.05) is 0 Å². The molecule has 2 saturated heterocycles. The Kier molecular flexibility index (Phi) is 12.8. The molecular formula is C29H43BrN5O4+. The Hall–Kier alpha value is -3.01. The van der Waals surface area contributed by atoms with Gasteiger partial charge in [0.25, 0.3) is 0 Å². The second-order valence-electron chi connectivity index (χ2n) is 11.2. The number of carbonyl (C=O) groups is 2. The monoisotopic (exact) mass is 604 g/mol. The van der Waals surface area contributed by atoms with Crippen molar-refractivity contribution in [2.45, 2.75) is 65.6 Å². The second kappa shape index (κ2) is 15.5. The predicted molar refractivity (Wildman–Crippen MR) is 158 cm³/mol. The number of piperidine rings is 1. The van der Waals surface area contributed by atoms with Crippen molar-refractivity contribution in [1.82, 2.24) is 19.8 Å². The lowest BCUT2D eigenvalue weighted by Gasteiger charge is -2.36. The Morgan fingerprint density at radius 2 is 1.38 bits per heavy atom. The van der Waals surface area contributed by atoms with Gasteiger partial charge in [0.15, 0.2) is 6.54 Å². The van der Waals surface area contributed by atoms with E-state index in [1.54, 1.807) is 28.4 Å². The fourth-order valence-electron chi connectivity index (χ4n) is 3.61. The van der Waals surface area contributed by atoms with Crippen molar-refractivity contribution in [2.24, 2.45) is 0 Å². The molecule has 2 fully saturated rings. The molecule has 0 aliphatic carbocycles. The quantitative estimate of drug-likeness (QED) is 0.358. The maximum Gasteiger partial charge on any atom is 0.413 e. The molecule has 39 heavy (non-hydrogen) atoms. The van der Waals surface area contributed by atoms with Gasteiger partial charge in [-0.3, -0.25) is 14.9 Å². The van der Waals surface area contributed by atoms with Crippen LogP contribution < -0.4 is 4.90 Å². The summed E-state index contributed by atoms with van der Waals surface area (Å²) in [5.41, 5.74) is 0.290. The number of pyridine rings is 2. The number of anilines is 1. The van der Waals surface area contributed by atoms with Gasteiger partial charge in [-0.05, 0) is 81.7 Å². The standard InChI is InChI=1S/C14H21N3O2.C10H18NO2.C5H4BrN/c1-14(2,3)19-13(18)17-9-7-16(8-10-17)12-5-4-6-15-11-12;1-10(2,3)13-9(12)11-7-5-4-6-8-11;6-5-2-1-3-7-4-5/h4-6,11H,7-10H2,1-3H3;5H,4,6-8H2,1-3H3;1-4H/q;+1;. The maximum absolute atomic E-state index is 11.9. The van der Waals surface area contributed by atoms with Crippen molar-refractivity contribution in [3.8, 4) is 0 Å². The van der Waals surface area contributed by atoms with Gasteiger partial charge < -0.3 is 19.3 Å². The van der Waals surface area contributed by atoms with Crippen LogP contribution in [0.2, 0.25) is 0 Å². The Morgan fingerprint density at radius 3 is 1.79 bits per heavy atom. The maximum atomic E-state index is 11.9. The van der Waals surface area contributed by atoms with Crippen molar-refractivity contribution in [1.29, 1.82) is 0 Å². The zero-order valence-corrected chi connectivity index (χ0v) is 25.7. The SMILES string of the molecule is Brc1cccnc1.CC(C)(C)OC(=O)N1CCN(c2cccnc2)CC1.CC(C)(C)OC(=O)N1C[CH+]CCC1. The van der Waals surface area contributed by atoms with Crippen molar-refractivity contribution in [3.63, 3.8) is 0 Å². The third-order valence-electron chi connectivity index (χ3n) is 5.41. The molecule has 0 spiro atoms. The zero-order valence-electron chi connectivity index (χ0n) is 24.1. The molecule has 2 aliphatic heterocycles. The van der Waals surface area contributed by atoms with Crippen molar-refractivity contribution >= 4 is 33.8 Å². The van der Waals surface area contributed by atoms with Crippen LogP contribution in [0.15, 0.2) is 53.5 Å². The minimum Gasteiger partial charge on any atom is -0.444 e. The van der Waals surface area contributed by atoms with Gasteiger partial charge in [0.05, 0.1) is 24.7 Å². The third-order valence-corrected chi connectivity index (χ3v) is 5.87. The van der Waals surface area contributed by atoms with E-state index in [9.17, 15) is 9.59 Å². The second-order valence-corrected chi connectivity index (χ2v) is 12.1. The summed E-state index contributed by atoms with van der Waals surface area (Å²) in [5.74, 6) is 0. The number of nitrogens with zero attached hydrogens (tertiary/aromatic N) is 5. The molecular weight excluding hydrogens is 562 g/mol. The molecule has 4 rings (SSSR count). The van der Waals surface area contributed by atoms with Gasteiger partial charge in [0.1, 0.15) is 11.2 Å². The number of likely N-dealkylation sites (tertiary alicyclic amines) is 1. The molecule has 2 aromatic rings. The van der Waals surface area contributed by atoms with Crippen molar-refractivity contribution in [2.75, 3.05) is 44.2 Å². The van der Waals surface area contributed by atoms with Gasteiger partial charge in [0, 0.05) is 62.2 Å². The molecule has 0 aromatic carbocycles. The molecule has 0 saturated carbocycles. The number of piperazine rings is 1. The summed E-state index contributed by atoms with van der Waals surface area (Å²) in [7, 11) is 0. The van der Waals surface area contributed by atoms with E-state index in [0.29, 0.717) is 13.1 Å². The first-order chi connectivity index (χ1) is 18.3. The first-order valence-electron chi connectivity index (χ1n) is 13.3. The van der Waals surface area contributed by atoms with E-state index in [2.05, 4.69) is 37.2 Å². The highest BCUT2D eigenvalue weighted by molar-refractivity contribution is 9.10. The van der Waals surface area contributed by atoms with Gasteiger partial charge in [-0.2, -0.15) is 0 Å². The number of carbonyl (C=O) groups excluding carboxylic acids is 2. The molecule has 0 unspecified atom stereocenters. The number of hydrogen-bond acceptors (Lipinski definition) is 7. The van der Waals surface area contributed by atoms with E-state index >= 15 is 0 Å². The van der Waals surface area contributed by atoms with Crippen LogP contribution in [-0.2, 0) is 9.47 Å². The minimum absolute atomic E-state index is 0.191. The fourth-order valence-corrected chi connectivity index (χ4v) is 3.88. The van der Waals surface area contributed by atoms with Gasteiger partial charge in [-0.15, -0.1) is 0 Å². The van der Waals surface area contributed by atoms with E-state index in [4.69, 9.17) is 9.47 Å². The third kappa shape index (κ3) is 13.6. The first-order valence-corrected chi connectivity index (χ1v) is 14.1. The highest BCUT2D eigenvalue weighted by atomic mass is 79.9. The Balaban J connectivity index is 0.000000229. The summed E-state index contributed by atoms with van der Waals surface area (Å²) in [5, 5.41) is 0. The normalized spacial score (nSPS) is 15.5. The fraction of sp³-hybridized carbons (Fsp3) is 0.552. The smallest absolute Gasteiger partial charge is 0.413 e. The van der Waals surface area contributed by atoms with Crippen molar-refractivity contribution < 1.29 is 19.1 Å². The number of rotatable bonds is 1. The summed E-state index contributed by atoms with van der Waals surface area (Å²) in [6.07, 6.45) is 11.0. The Bertz CT molecular complexity index is 982. The predicted octanol–water partition coefficient (Wildman–Crippen LogP) is 6.20. The molecule has 2 aromatic heterocycles. The van der Waals surface area contributed by atoms with E-state index in [0.717, 1.165) is 49.2 Å². The van der Waals surface area contributed by atoms with Gasteiger partial charge in [-0.25, -0.2) is 9.59 Å². The number of hydrogen-bond donors (Lipinski definition) is 0. The van der Waals surface area contributed by atoms with E-state index in [1.807, 2.05) is 72.0 Å². The zero-order chi connectivity index (χ0) is 28.9. The van der Waals surface area contributed by atoms with Gasteiger partial charge >= 0.3 is 12.2 Å². The topological polar surface area (TPSA) is 88.1 Å². The molecule has 0 N–H and O–H groups in total. The summed E-state index contributed by atoms with van der Waals surface area (Å²) in [6, 6.07) is 7.78. The Morgan fingerprint density at radius 1 is 0.821 bits per heavy atom. The number of halogens is 1. The lowest BCUT2D eigenvalue weighted by Crippen LogP contribution is -2.50. The molecule has 0 radical (unpaired) electrons. The van der Waals surface area contributed by atoms with Crippen LogP contribution in [0.25, 0.3) is 0 Å². The lowest BCUT2D eigenvalue weighted by atomic mass is 10.1. The summed E-state index contributed by atoms with van der Waals surface area (Å²) >= 11 is 3.25. The summed E-state index contributed by atoms with van der Waals surface area (Å²) in [6.45, 7) is 15.9. The number of amides is 2. The molecule has 214 valence electrons. The van der Waals surface area contributed by atoms with Crippen LogP contribution in [0.5, 0.6) is 0 Å². The Labute approximate surface area is 242 Å². The van der Waals surface area contributed by atoms with Crippen LogP contribution in [0.1, 0.15) is 54.4 Å². The number of aromatic nitrogens is 2. The molecule has 10 heteroatoms. The van der Waals surface area contributed by atoms with E-state index in [-0.39, 0.29) is 17.8 Å². The highest BCUT2D eigenvalue weighted by Crippen LogP contribution is 2.17. The largest absolute Gasteiger partial charge is 0.444 e. The summed E-state index contributed by atoms with van der Waals surface area (Å²) in [4.78, 5) is 37.1. The van der Waals surface area contributed by atoms with Crippen LogP contribution in [-0.4, -0.2) is 82.4 Å². The molecule has 4 heterocycles. The summed E-state index contributed by atoms with van der Waals surface area (Å²) < 4.78 is 11.6. The minimum atomic E-state index is -0.433. The molecule has 9 nitrogen and oxygen atoms in total. The molecule has 0 atom stereocenters. The number of ether oxygens (including phenoxy) is 2. The average Bonchev–Trinajstić information content (AvgIpc) is 2.89. The van der Waals surface area contributed by atoms with Crippen molar-refractivity contribution in [3.05, 3.63) is 59.9 Å². The van der Waals surface area contributed by atoms with Crippen LogP contribution in [0.3, 0.4) is 0 Å². The lowest BCUT2D eigenvalue weighted by molar-refractivity contribution is 0.0232. The van der Waals surface area contributed by atoms with Crippen LogP contribution in [0.4, 0.5) is 15.3 Å². The average molecular weight is 606 g/mol. The van der Waals surface area contributed by atoms with Gasteiger partial charge in [0.2, 0.25) is 0 Å². The molecule has 2 aliphatic rings. The van der Waals surface area contributed by atoms with Crippen LogP contribution in [0, 0.1) is 6.42 Å². The first kappa shape index (κ1) is 32.2. The van der Waals surface area contributed by atoms with E-state index in [1.165, 1.54) is 0 Å². The van der Waals surface area contributed by atoms with E-state index < -0.39 is 5.60 Å². The molecule has 0 bridgehead atoms. The highest BCUT2D eigenvalue weighted by Gasteiger charge is 2.27. The van der Waals surface area contributed by atoms with Crippen LogP contribution >= 0.6 is 15.9 Å². The molecule has 2 amide bonds.